The number of nitrogens with one attached hydrogen (secondary N) is 1. The molecule has 33 heavy (non-hydrogen) atoms. The van der Waals surface area contributed by atoms with Crippen LogP contribution in [0.25, 0.3) is 16.8 Å². The third-order valence-electron chi connectivity index (χ3n) is 6.16. The highest BCUT2D eigenvalue weighted by Gasteiger charge is 2.27. The van der Waals surface area contributed by atoms with Crippen molar-refractivity contribution in [2.75, 3.05) is 24.5 Å². The molecule has 1 aliphatic heterocycles. The van der Waals surface area contributed by atoms with Crippen LogP contribution in [0.3, 0.4) is 0 Å². The van der Waals surface area contributed by atoms with Crippen LogP contribution in [0.1, 0.15) is 18.4 Å². The second-order valence-electron chi connectivity index (χ2n) is 8.43. The summed E-state index contributed by atoms with van der Waals surface area (Å²) >= 11 is 0. The van der Waals surface area contributed by atoms with Crippen molar-refractivity contribution in [1.82, 2.24) is 19.9 Å². The minimum absolute atomic E-state index is 0.0731. The molecule has 6 nitrogen and oxygen atoms in total. The fourth-order valence-corrected chi connectivity index (χ4v) is 4.42. The highest BCUT2D eigenvalue weighted by atomic mass is 19.1. The van der Waals surface area contributed by atoms with Gasteiger partial charge in [0.05, 0.1) is 11.6 Å². The fourth-order valence-electron chi connectivity index (χ4n) is 4.42. The number of amides is 1. The zero-order valence-electron chi connectivity index (χ0n) is 18.3. The van der Waals surface area contributed by atoms with Crippen LogP contribution in [0.4, 0.5) is 10.2 Å². The van der Waals surface area contributed by atoms with Gasteiger partial charge in [0.25, 0.3) is 0 Å². The summed E-state index contributed by atoms with van der Waals surface area (Å²) in [6, 6.07) is 18.5. The molecule has 1 fully saturated rings. The second-order valence-corrected chi connectivity index (χ2v) is 8.43. The number of carbonyl (C=O) groups excluding carboxylic acids is 1. The van der Waals surface area contributed by atoms with Crippen molar-refractivity contribution < 1.29 is 9.18 Å². The molecule has 1 unspecified atom stereocenters. The lowest BCUT2D eigenvalue weighted by Crippen LogP contribution is -2.44. The number of anilines is 1. The molecule has 0 radical (unpaired) electrons. The van der Waals surface area contributed by atoms with Crippen LogP contribution in [0.15, 0.2) is 73.1 Å². The van der Waals surface area contributed by atoms with Crippen LogP contribution in [0.2, 0.25) is 0 Å². The fraction of sp³-hybridized carbons (Fsp3) is 0.269. The van der Waals surface area contributed by atoms with Crippen LogP contribution in [0, 0.1) is 11.7 Å². The summed E-state index contributed by atoms with van der Waals surface area (Å²) < 4.78 is 15.1. The van der Waals surface area contributed by atoms with E-state index in [1.165, 1.54) is 17.7 Å². The van der Waals surface area contributed by atoms with Gasteiger partial charge in [0.2, 0.25) is 5.91 Å². The van der Waals surface area contributed by atoms with Crippen LogP contribution in [0.5, 0.6) is 0 Å². The van der Waals surface area contributed by atoms with Crippen molar-refractivity contribution in [2.24, 2.45) is 5.92 Å². The van der Waals surface area contributed by atoms with E-state index in [1.54, 1.807) is 22.8 Å². The molecule has 1 saturated heterocycles. The molecule has 7 heteroatoms. The van der Waals surface area contributed by atoms with Crippen LogP contribution < -0.4 is 10.2 Å². The number of hydrogen-bond donors (Lipinski definition) is 1. The molecule has 168 valence electrons. The number of halogens is 1. The Morgan fingerprint density at radius 1 is 1.12 bits per heavy atom. The molecule has 1 amide bonds. The third kappa shape index (κ3) is 4.72. The van der Waals surface area contributed by atoms with E-state index in [4.69, 9.17) is 0 Å². The molecular weight excluding hydrogens is 417 g/mol. The Morgan fingerprint density at radius 3 is 2.76 bits per heavy atom. The van der Waals surface area contributed by atoms with Crippen molar-refractivity contribution in [3.05, 3.63) is 84.4 Å². The first kappa shape index (κ1) is 21.1. The van der Waals surface area contributed by atoms with Crippen molar-refractivity contribution in [2.45, 2.75) is 19.3 Å². The molecule has 2 aromatic heterocycles. The molecule has 0 spiro atoms. The van der Waals surface area contributed by atoms with E-state index in [0.717, 1.165) is 48.4 Å². The quantitative estimate of drug-likeness (QED) is 0.487. The van der Waals surface area contributed by atoms with Gasteiger partial charge in [-0.3, -0.25) is 4.79 Å². The molecule has 3 heterocycles. The highest BCUT2D eigenvalue weighted by molar-refractivity contribution is 5.80. The third-order valence-corrected chi connectivity index (χ3v) is 6.16. The number of fused-ring (bicyclic) bond motifs is 1. The Morgan fingerprint density at radius 2 is 1.94 bits per heavy atom. The molecule has 0 bridgehead atoms. The Kier molecular flexibility index (Phi) is 6.02. The number of benzene rings is 2. The van der Waals surface area contributed by atoms with Crippen molar-refractivity contribution in [1.29, 1.82) is 0 Å². The molecule has 1 N–H and O–H groups in total. The number of carbonyl (C=O) groups is 1. The molecule has 4 aromatic rings. The van der Waals surface area contributed by atoms with Crippen LogP contribution in [-0.4, -0.2) is 40.1 Å². The SMILES string of the molecule is O=C(NCCc1ccccc1)C1CCCN(c2nccn3nc(-c4ccc(F)cc4)cc23)C1. The van der Waals surface area contributed by atoms with Crippen molar-refractivity contribution in [3.8, 4) is 11.3 Å². The van der Waals surface area contributed by atoms with Gasteiger partial charge < -0.3 is 10.2 Å². The van der Waals surface area contributed by atoms with Gasteiger partial charge in [-0.25, -0.2) is 13.9 Å². The summed E-state index contributed by atoms with van der Waals surface area (Å²) in [7, 11) is 0. The standard InChI is InChI=1S/C26H26FN5O/c27-22-10-8-20(9-11-22)23-17-24-25(28-14-16-32(24)30-23)31-15-4-7-21(18-31)26(33)29-13-12-19-5-2-1-3-6-19/h1-3,5-6,8-11,14,16-17,21H,4,7,12-13,15,18H2,(H,29,33). The smallest absolute Gasteiger partial charge is 0.224 e. The first-order valence-corrected chi connectivity index (χ1v) is 11.3. The van der Waals surface area contributed by atoms with E-state index in [0.29, 0.717) is 13.1 Å². The summed E-state index contributed by atoms with van der Waals surface area (Å²) in [6.45, 7) is 2.11. The molecule has 1 aliphatic rings. The number of aromatic nitrogens is 3. The Bertz CT molecular complexity index is 1240. The summed E-state index contributed by atoms with van der Waals surface area (Å²) in [5.41, 5.74) is 3.70. The summed E-state index contributed by atoms with van der Waals surface area (Å²) in [4.78, 5) is 19.6. The number of rotatable bonds is 6. The maximum atomic E-state index is 13.3. The monoisotopic (exact) mass is 443 g/mol. The highest BCUT2D eigenvalue weighted by Crippen LogP contribution is 2.28. The minimum atomic E-state index is -0.272. The lowest BCUT2D eigenvalue weighted by molar-refractivity contribution is -0.125. The van der Waals surface area contributed by atoms with E-state index in [2.05, 4.69) is 32.4 Å². The first-order chi connectivity index (χ1) is 16.2. The van der Waals surface area contributed by atoms with Crippen molar-refractivity contribution >= 4 is 17.2 Å². The topological polar surface area (TPSA) is 62.5 Å². The van der Waals surface area contributed by atoms with E-state index >= 15 is 0 Å². The van der Waals surface area contributed by atoms with Gasteiger partial charge in [-0.1, -0.05) is 30.3 Å². The lowest BCUT2D eigenvalue weighted by atomic mass is 9.97. The number of hydrogen-bond acceptors (Lipinski definition) is 4. The van der Waals surface area contributed by atoms with Gasteiger partial charge in [-0.2, -0.15) is 5.10 Å². The first-order valence-electron chi connectivity index (χ1n) is 11.3. The Hall–Kier alpha value is -3.74. The van der Waals surface area contributed by atoms with E-state index in [9.17, 15) is 9.18 Å². The van der Waals surface area contributed by atoms with Gasteiger partial charge in [0.15, 0.2) is 5.82 Å². The number of piperidine rings is 1. The average Bonchev–Trinajstić information content (AvgIpc) is 3.30. The summed E-state index contributed by atoms with van der Waals surface area (Å²) in [5.74, 6) is 0.575. The zero-order chi connectivity index (χ0) is 22.6. The average molecular weight is 444 g/mol. The van der Waals surface area contributed by atoms with E-state index in [1.807, 2.05) is 30.5 Å². The molecule has 5 rings (SSSR count). The van der Waals surface area contributed by atoms with Gasteiger partial charge in [-0.15, -0.1) is 0 Å². The molecule has 2 aromatic carbocycles. The summed E-state index contributed by atoms with van der Waals surface area (Å²) in [6.07, 6.45) is 6.16. The molecule has 0 saturated carbocycles. The number of nitrogens with zero attached hydrogens (tertiary/aromatic N) is 4. The van der Waals surface area contributed by atoms with Gasteiger partial charge >= 0.3 is 0 Å². The normalized spacial score (nSPS) is 16.2. The van der Waals surface area contributed by atoms with Gasteiger partial charge in [0, 0.05) is 37.6 Å². The van der Waals surface area contributed by atoms with Crippen molar-refractivity contribution in [3.63, 3.8) is 0 Å². The molecule has 1 atom stereocenters. The van der Waals surface area contributed by atoms with E-state index in [-0.39, 0.29) is 17.6 Å². The summed E-state index contributed by atoms with van der Waals surface area (Å²) in [5, 5.41) is 7.75. The lowest BCUT2D eigenvalue weighted by Gasteiger charge is -2.33. The van der Waals surface area contributed by atoms with Gasteiger partial charge in [-0.05, 0) is 55.2 Å². The van der Waals surface area contributed by atoms with Crippen LogP contribution >= 0.6 is 0 Å². The zero-order valence-corrected chi connectivity index (χ0v) is 18.3. The maximum Gasteiger partial charge on any atom is 0.224 e. The van der Waals surface area contributed by atoms with Gasteiger partial charge in [0.1, 0.15) is 11.3 Å². The molecular formula is C26H26FN5O. The second kappa shape index (κ2) is 9.40. The maximum absolute atomic E-state index is 13.3. The predicted octanol–water partition coefficient (Wildman–Crippen LogP) is 4.11. The Labute approximate surface area is 192 Å². The largest absolute Gasteiger partial charge is 0.355 e. The Balaban J connectivity index is 1.29. The molecule has 0 aliphatic carbocycles. The van der Waals surface area contributed by atoms with E-state index < -0.39 is 0 Å². The predicted molar refractivity (Wildman–Crippen MR) is 126 cm³/mol. The minimum Gasteiger partial charge on any atom is -0.355 e. The van der Waals surface area contributed by atoms with Crippen LogP contribution in [-0.2, 0) is 11.2 Å².